The fourth-order valence-electron chi connectivity index (χ4n) is 7.40. The van der Waals surface area contributed by atoms with Gasteiger partial charge in [0.15, 0.2) is 0 Å². The van der Waals surface area contributed by atoms with Crippen molar-refractivity contribution in [3.8, 4) is 12.3 Å². The summed E-state index contributed by atoms with van der Waals surface area (Å²) >= 11 is 0. The first-order chi connectivity index (χ1) is 15.1. The predicted octanol–water partition coefficient (Wildman–Crippen LogP) is 4.23. The molecule has 0 radical (unpaired) electrons. The quantitative estimate of drug-likeness (QED) is 0.386. The van der Waals surface area contributed by atoms with Crippen LogP contribution >= 0.6 is 0 Å². The number of hydrogen-bond acceptors (Lipinski definition) is 7. The molecule has 0 heterocycles. The molecule has 32 heavy (non-hydrogen) atoms. The average molecular weight is 447 g/mol. The number of carbonyl (C=O) groups is 2. The second kappa shape index (κ2) is 7.98. The first-order valence-electron chi connectivity index (χ1n) is 11.5. The number of methoxy groups -OCH3 is 2. The topological polar surface area (TPSA) is 91.3 Å². The molecule has 0 spiro atoms. The lowest BCUT2D eigenvalue weighted by Crippen LogP contribution is -2.58. The molecule has 0 aromatic carbocycles. The normalized spacial score (nSPS) is 44.6. The van der Waals surface area contributed by atoms with Crippen molar-refractivity contribution in [1.82, 2.24) is 0 Å². The van der Waals surface area contributed by atoms with Gasteiger partial charge in [-0.25, -0.2) is 9.59 Å². The Balaban J connectivity index is 1.71. The highest BCUT2D eigenvalue weighted by molar-refractivity contribution is 5.60. The van der Waals surface area contributed by atoms with Crippen molar-refractivity contribution in [3.63, 3.8) is 0 Å². The van der Waals surface area contributed by atoms with Crippen LogP contribution in [-0.2, 0) is 18.9 Å². The molecule has 4 aliphatic carbocycles. The van der Waals surface area contributed by atoms with Crippen LogP contribution in [0, 0.1) is 40.9 Å². The van der Waals surface area contributed by atoms with Crippen molar-refractivity contribution >= 4 is 12.3 Å². The van der Waals surface area contributed by atoms with Crippen molar-refractivity contribution in [2.24, 2.45) is 28.6 Å². The molecule has 0 bridgehead atoms. The molecule has 4 aliphatic rings. The van der Waals surface area contributed by atoms with E-state index in [1.54, 1.807) is 0 Å². The van der Waals surface area contributed by atoms with E-state index in [9.17, 15) is 14.7 Å². The maximum atomic E-state index is 12.2. The van der Waals surface area contributed by atoms with Crippen molar-refractivity contribution in [1.29, 1.82) is 0 Å². The van der Waals surface area contributed by atoms with Crippen molar-refractivity contribution in [2.45, 2.75) is 76.6 Å². The Morgan fingerprint density at radius 1 is 1.03 bits per heavy atom. The Morgan fingerprint density at radius 3 is 2.34 bits per heavy atom. The van der Waals surface area contributed by atoms with E-state index in [1.165, 1.54) is 14.2 Å². The van der Waals surface area contributed by atoms with E-state index >= 15 is 0 Å². The fourth-order valence-corrected chi connectivity index (χ4v) is 7.40. The first-order valence-corrected chi connectivity index (χ1v) is 11.5. The summed E-state index contributed by atoms with van der Waals surface area (Å²) in [5.41, 5.74) is -0.501. The van der Waals surface area contributed by atoms with Crippen LogP contribution in [0.1, 0.15) is 58.8 Å². The van der Waals surface area contributed by atoms with Crippen LogP contribution in [0.3, 0.4) is 0 Å². The molecule has 7 heteroatoms. The van der Waals surface area contributed by atoms with Gasteiger partial charge in [-0.2, -0.15) is 0 Å². The Kier molecular flexibility index (Phi) is 5.73. The van der Waals surface area contributed by atoms with Gasteiger partial charge in [-0.3, -0.25) is 0 Å². The summed E-state index contributed by atoms with van der Waals surface area (Å²) < 4.78 is 20.7. The molecule has 0 aromatic rings. The lowest BCUT2D eigenvalue weighted by molar-refractivity contribution is -0.128. The Morgan fingerprint density at radius 2 is 1.69 bits per heavy atom. The summed E-state index contributed by atoms with van der Waals surface area (Å²) in [6, 6.07) is 0. The third kappa shape index (κ3) is 3.30. The van der Waals surface area contributed by atoms with Crippen LogP contribution in [-0.4, -0.2) is 49.4 Å². The standard InChI is InChI=1S/C25H34O7/c1-6-25(28)12-9-18-20-17(8-11-24(18,25)3)23(2)10-7-16(31-21(26)29-4)13-15(23)14-19(20)32-22(27)30-5/h1,14,16-20,28H,7-13H2,2-5H3/t16-,17?,18?,19-,20?,23-,24-,25-/m0/s1. The second-order valence-electron chi connectivity index (χ2n) is 10.4. The van der Waals surface area contributed by atoms with E-state index in [2.05, 4.69) is 24.5 Å². The molecule has 4 rings (SSSR count). The molecular weight excluding hydrogens is 412 g/mol. The van der Waals surface area contributed by atoms with Crippen LogP contribution in [0.5, 0.6) is 0 Å². The highest BCUT2D eigenvalue weighted by atomic mass is 16.7. The molecule has 0 amide bonds. The summed E-state index contributed by atoms with van der Waals surface area (Å²) in [6.07, 6.45) is 11.0. The molecule has 0 saturated heterocycles. The lowest BCUT2D eigenvalue weighted by Gasteiger charge is -2.59. The number of ether oxygens (including phenoxy) is 4. The molecule has 0 aromatic heterocycles. The van der Waals surface area contributed by atoms with E-state index in [1.807, 2.05) is 6.08 Å². The third-order valence-electron chi connectivity index (χ3n) is 9.28. The highest BCUT2D eigenvalue weighted by Gasteiger charge is 2.65. The van der Waals surface area contributed by atoms with E-state index in [4.69, 9.17) is 20.6 Å². The van der Waals surface area contributed by atoms with Crippen LogP contribution < -0.4 is 0 Å². The minimum absolute atomic E-state index is 0.0436. The monoisotopic (exact) mass is 446 g/mol. The SMILES string of the molecule is C#C[C@]1(O)CCC2C3C(CC[C@@]21C)[C@@]1(C)CC[C@H](OC(=O)OC)CC1=C[C@@H]3OC(=O)OC. The third-order valence-corrected chi connectivity index (χ3v) is 9.28. The van der Waals surface area contributed by atoms with Gasteiger partial charge in [0, 0.05) is 17.8 Å². The zero-order valence-corrected chi connectivity index (χ0v) is 19.4. The molecule has 176 valence electrons. The summed E-state index contributed by atoms with van der Waals surface area (Å²) in [6.45, 7) is 4.38. The first kappa shape index (κ1) is 23.0. The molecule has 7 nitrogen and oxygen atoms in total. The molecule has 0 aliphatic heterocycles. The van der Waals surface area contributed by atoms with E-state index in [0.29, 0.717) is 12.8 Å². The van der Waals surface area contributed by atoms with Gasteiger partial charge in [-0.15, -0.1) is 6.42 Å². The van der Waals surface area contributed by atoms with Crippen LogP contribution in [0.2, 0.25) is 0 Å². The predicted molar refractivity (Wildman–Crippen MR) is 115 cm³/mol. The molecule has 3 unspecified atom stereocenters. The maximum Gasteiger partial charge on any atom is 0.508 e. The minimum Gasteiger partial charge on any atom is -0.438 e. The van der Waals surface area contributed by atoms with Crippen molar-refractivity contribution < 1.29 is 33.6 Å². The van der Waals surface area contributed by atoms with Gasteiger partial charge in [0.05, 0.1) is 14.2 Å². The van der Waals surface area contributed by atoms with Gasteiger partial charge in [-0.1, -0.05) is 25.3 Å². The number of fused-ring (bicyclic) bond motifs is 5. The fraction of sp³-hybridized carbons (Fsp3) is 0.760. The number of carbonyl (C=O) groups excluding carboxylic acids is 2. The molecule has 8 atom stereocenters. The Hall–Kier alpha value is -2.20. The van der Waals surface area contributed by atoms with Crippen molar-refractivity contribution in [3.05, 3.63) is 11.6 Å². The van der Waals surface area contributed by atoms with Crippen LogP contribution in [0.4, 0.5) is 9.59 Å². The van der Waals surface area contributed by atoms with Crippen molar-refractivity contribution in [2.75, 3.05) is 14.2 Å². The molecule has 3 saturated carbocycles. The van der Waals surface area contributed by atoms with Gasteiger partial charge in [-0.05, 0) is 61.9 Å². The maximum absolute atomic E-state index is 12.2. The van der Waals surface area contributed by atoms with E-state index in [-0.39, 0.29) is 29.3 Å². The van der Waals surface area contributed by atoms with Gasteiger partial charge < -0.3 is 24.1 Å². The van der Waals surface area contributed by atoms with Crippen LogP contribution in [0.25, 0.3) is 0 Å². The largest absolute Gasteiger partial charge is 0.508 e. The summed E-state index contributed by atoms with van der Waals surface area (Å²) in [4.78, 5) is 23.8. The van der Waals surface area contributed by atoms with Gasteiger partial charge >= 0.3 is 12.3 Å². The zero-order valence-electron chi connectivity index (χ0n) is 19.4. The highest BCUT2D eigenvalue weighted by Crippen LogP contribution is 2.67. The van der Waals surface area contributed by atoms with E-state index < -0.39 is 29.4 Å². The molecular formula is C25H34O7. The summed E-state index contributed by atoms with van der Waals surface area (Å²) in [5.74, 6) is 3.14. The number of aliphatic hydroxyl groups is 1. The number of terminal acetylenes is 1. The van der Waals surface area contributed by atoms with E-state index in [0.717, 1.165) is 37.7 Å². The minimum atomic E-state index is -1.14. The number of hydrogen-bond donors (Lipinski definition) is 1. The summed E-state index contributed by atoms with van der Waals surface area (Å²) in [5, 5.41) is 11.3. The Labute approximate surface area is 189 Å². The summed E-state index contributed by atoms with van der Waals surface area (Å²) in [7, 11) is 2.61. The smallest absolute Gasteiger partial charge is 0.438 e. The zero-order chi connectivity index (χ0) is 23.3. The molecule has 3 fully saturated rings. The average Bonchev–Trinajstić information content (AvgIpc) is 3.05. The lowest BCUT2D eigenvalue weighted by atomic mass is 9.46. The van der Waals surface area contributed by atoms with Gasteiger partial charge in [0.25, 0.3) is 0 Å². The number of rotatable bonds is 2. The van der Waals surface area contributed by atoms with Gasteiger partial charge in [0.1, 0.15) is 17.8 Å². The van der Waals surface area contributed by atoms with Crippen LogP contribution in [0.15, 0.2) is 11.6 Å². The Bertz CT molecular complexity index is 859. The second-order valence-corrected chi connectivity index (χ2v) is 10.4. The van der Waals surface area contributed by atoms with Gasteiger partial charge in [0.2, 0.25) is 0 Å². The molecule has 1 N–H and O–H groups in total.